The van der Waals surface area contributed by atoms with Crippen LogP contribution in [0.2, 0.25) is 0 Å². The van der Waals surface area contributed by atoms with Crippen LogP contribution in [0.1, 0.15) is 68.1 Å². The molecule has 1 fully saturated rings. The highest BCUT2D eigenvalue weighted by Crippen LogP contribution is 2.25. The van der Waals surface area contributed by atoms with E-state index in [0.29, 0.717) is 5.92 Å². The molecule has 0 heterocycles. The Kier molecular flexibility index (Phi) is 13.3. The summed E-state index contributed by atoms with van der Waals surface area (Å²) in [4.78, 5) is 10.9. The predicted molar refractivity (Wildman–Crippen MR) is 70.0 cm³/mol. The minimum atomic E-state index is -0.185. The predicted octanol–water partition coefficient (Wildman–Crippen LogP) is 3.78. The van der Waals surface area contributed by atoms with Gasteiger partial charge in [0.05, 0.1) is 6.04 Å². The van der Waals surface area contributed by atoms with Gasteiger partial charge in [-0.15, -0.1) is 0 Å². The molecule has 0 unspecified atom stereocenters. The molecule has 0 saturated heterocycles. The standard InChI is InChI=1S/C9H17NO.2C2H6.H2/c1-7(11)9(10)8-5-3-2-4-6-8;2*1-2;/h8-9H,2-6,10H2,1H3;2*1-2H3;1H/t9-;;;/m1.../s1. The van der Waals surface area contributed by atoms with Crippen molar-refractivity contribution in [2.45, 2.75) is 72.8 Å². The van der Waals surface area contributed by atoms with Gasteiger partial charge in [-0.3, -0.25) is 4.79 Å². The molecule has 2 nitrogen and oxygen atoms in total. The summed E-state index contributed by atoms with van der Waals surface area (Å²) >= 11 is 0. The van der Waals surface area contributed by atoms with Crippen molar-refractivity contribution in [3.63, 3.8) is 0 Å². The number of Topliss-reactive ketones (excluding diaryl/α,β-unsaturated/α-hetero) is 1. The molecular weight excluding hydrogens is 186 g/mol. The highest BCUT2D eigenvalue weighted by molar-refractivity contribution is 5.81. The number of rotatable bonds is 2. The quantitative estimate of drug-likeness (QED) is 0.765. The number of hydrogen-bond donors (Lipinski definition) is 1. The fourth-order valence-electron chi connectivity index (χ4n) is 1.83. The molecule has 2 heteroatoms. The maximum atomic E-state index is 10.9. The molecule has 0 radical (unpaired) electrons. The minimum Gasteiger partial charge on any atom is -0.321 e. The number of hydrogen-bond acceptors (Lipinski definition) is 2. The number of carbonyl (C=O) groups is 1. The van der Waals surface area contributed by atoms with E-state index in [0.717, 1.165) is 12.8 Å². The van der Waals surface area contributed by atoms with Crippen molar-refractivity contribution in [1.29, 1.82) is 0 Å². The highest BCUT2D eigenvalue weighted by atomic mass is 16.1. The molecule has 0 aromatic heterocycles. The molecule has 2 N–H and O–H groups in total. The van der Waals surface area contributed by atoms with Crippen LogP contribution in [0.4, 0.5) is 0 Å². The molecule has 1 saturated carbocycles. The van der Waals surface area contributed by atoms with E-state index in [4.69, 9.17) is 5.73 Å². The van der Waals surface area contributed by atoms with Crippen molar-refractivity contribution in [1.82, 2.24) is 0 Å². The van der Waals surface area contributed by atoms with E-state index in [9.17, 15) is 4.79 Å². The van der Waals surface area contributed by atoms with Crippen molar-refractivity contribution >= 4 is 5.78 Å². The minimum absolute atomic E-state index is 0. The summed E-state index contributed by atoms with van der Waals surface area (Å²) < 4.78 is 0. The van der Waals surface area contributed by atoms with Crippen molar-refractivity contribution in [3.05, 3.63) is 0 Å². The molecule has 1 aliphatic carbocycles. The molecule has 0 aromatic carbocycles. The summed E-state index contributed by atoms with van der Waals surface area (Å²) in [6.45, 7) is 9.60. The normalized spacial score (nSPS) is 17.7. The number of nitrogens with two attached hydrogens (primary N) is 1. The first-order chi connectivity index (χ1) is 7.22. The van der Waals surface area contributed by atoms with E-state index in [1.807, 2.05) is 27.7 Å². The van der Waals surface area contributed by atoms with Gasteiger partial charge in [0.2, 0.25) is 0 Å². The Morgan fingerprint density at radius 3 is 1.87 bits per heavy atom. The van der Waals surface area contributed by atoms with Gasteiger partial charge < -0.3 is 5.73 Å². The number of ketones is 1. The van der Waals surface area contributed by atoms with Crippen molar-refractivity contribution in [2.75, 3.05) is 0 Å². The second-order valence-corrected chi connectivity index (χ2v) is 3.53. The molecule has 0 amide bonds. The summed E-state index contributed by atoms with van der Waals surface area (Å²) in [5.74, 6) is 0.623. The fraction of sp³-hybridized carbons (Fsp3) is 0.923. The van der Waals surface area contributed by atoms with E-state index in [-0.39, 0.29) is 13.3 Å². The molecule has 0 spiro atoms. The van der Waals surface area contributed by atoms with Gasteiger partial charge in [-0.2, -0.15) is 0 Å². The highest BCUT2D eigenvalue weighted by Gasteiger charge is 2.22. The van der Waals surface area contributed by atoms with E-state index >= 15 is 0 Å². The topological polar surface area (TPSA) is 43.1 Å². The summed E-state index contributed by atoms with van der Waals surface area (Å²) in [5.41, 5.74) is 5.74. The zero-order valence-electron chi connectivity index (χ0n) is 11.2. The molecular formula is C13H31NO. The van der Waals surface area contributed by atoms with Crippen LogP contribution in [-0.4, -0.2) is 11.8 Å². The van der Waals surface area contributed by atoms with Crippen LogP contribution >= 0.6 is 0 Å². The number of carbonyl (C=O) groups excluding carboxylic acids is 1. The van der Waals surface area contributed by atoms with E-state index < -0.39 is 0 Å². The van der Waals surface area contributed by atoms with Crippen LogP contribution in [0.15, 0.2) is 0 Å². The first-order valence-electron chi connectivity index (χ1n) is 6.48. The van der Waals surface area contributed by atoms with Crippen molar-refractivity contribution < 1.29 is 6.22 Å². The van der Waals surface area contributed by atoms with Gasteiger partial charge in [0, 0.05) is 1.43 Å². The monoisotopic (exact) mass is 217 g/mol. The Balaban J connectivity index is -0.000000305. The van der Waals surface area contributed by atoms with Crippen molar-refractivity contribution in [3.8, 4) is 0 Å². The Morgan fingerprint density at radius 1 is 1.13 bits per heavy atom. The Bertz CT molecular complexity index is 145. The largest absolute Gasteiger partial charge is 0.321 e. The fourth-order valence-corrected chi connectivity index (χ4v) is 1.83. The molecule has 15 heavy (non-hydrogen) atoms. The molecule has 94 valence electrons. The molecule has 0 aromatic rings. The Labute approximate surface area is 97.1 Å². The summed E-state index contributed by atoms with van der Waals surface area (Å²) in [7, 11) is 0. The second kappa shape index (κ2) is 11.7. The van der Waals surface area contributed by atoms with E-state index in [2.05, 4.69) is 0 Å². The molecule has 0 aliphatic heterocycles. The van der Waals surface area contributed by atoms with Crippen LogP contribution in [-0.2, 0) is 4.79 Å². The van der Waals surface area contributed by atoms with Crippen LogP contribution < -0.4 is 5.73 Å². The van der Waals surface area contributed by atoms with Crippen LogP contribution in [0, 0.1) is 5.92 Å². The van der Waals surface area contributed by atoms with Crippen molar-refractivity contribution in [2.24, 2.45) is 11.7 Å². The van der Waals surface area contributed by atoms with Gasteiger partial charge >= 0.3 is 0 Å². The van der Waals surface area contributed by atoms with Gasteiger partial charge in [-0.25, -0.2) is 0 Å². The smallest absolute Gasteiger partial charge is 0.146 e. The summed E-state index contributed by atoms with van der Waals surface area (Å²) in [6.07, 6.45) is 6.14. The van der Waals surface area contributed by atoms with E-state index in [1.165, 1.54) is 19.3 Å². The van der Waals surface area contributed by atoms with Gasteiger partial charge in [0.15, 0.2) is 0 Å². The lowest BCUT2D eigenvalue weighted by Gasteiger charge is -2.25. The third kappa shape index (κ3) is 7.55. The maximum Gasteiger partial charge on any atom is 0.146 e. The maximum absolute atomic E-state index is 10.9. The average Bonchev–Trinajstić information content (AvgIpc) is 2.34. The van der Waals surface area contributed by atoms with Crippen LogP contribution in [0.5, 0.6) is 0 Å². The lowest BCUT2D eigenvalue weighted by Crippen LogP contribution is -2.37. The lowest BCUT2D eigenvalue weighted by atomic mass is 9.83. The summed E-state index contributed by atoms with van der Waals surface area (Å²) in [6, 6.07) is -0.185. The molecule has 1 rings (SSSR count). The van der Waals surface area contributed by atoms with Gasteiger partial charge in [-0.05, 0) is 25.7 Å². The third-order valence-corrected chi connectivity index (χ3v) is 2.63. The van der Waals surface area contributed by atoms with Gasteiger partial charge in [0.1, 0.15) is 5.78 Å². The van der Waals surface area contributed by atoms with E-state index in [1.54, 1.807) is 6.92 Å². The molecule has 0 bridgehead atoms. The third-order valence-electron chi connectivity index (χ3n) is 2.63. The van der Waals surface area contributed by atoms with Gasteiger partial charge in [0.25, 0.3) is 0 Å². The zero-order chi connectivity index (χ0) is 12.3. The SMILES string of the molecule is CC.CC.CC(=O)[C@@H](N)C1CCCCC1.[HH]. The van der Waals surface area contributed by atoms with Crippen LogP contribution in [0.25, 0.3) is 0 Å². The Hall–Kier alpha value is -0.370. The average molecular weight is 217 g/mol. The molecule has 1 atom stereocenters. The lowest BCUT2D eigenvalue weighted by molar-refractivity contribution is -0.119. The first-order valence-corrected chi connectivity index (χ1v) is 6.48. The summed E-state index contributed by atoms with van der Waals surface area (Å²) in [5, 5.41) is 0. The first kappa shape index (κ1) is 17.0. The van der Waals surface area contributed by atoms with Crippen LogP contribution in [0.3, 0.4) is 0 Å². The van der Waals surface area contributed by atoms with Gasteiger partial charge in [-0.1, -0.05) is 47.0 Å². The Morgan fingerprint density at radius 2 is 1.53 bits per heavy atom. The molecule has 1 aliphatic rings. The second-order valence-electron chi connectivity index (χ2n) is 3.53. The zero-order valence-corrected chi connectivity index (χ0v) is 11.2.